The van der Waals surface area contributed by atoms with Crippen molar-refractivity contribution in [2.24, 2.45) is 0 Å². The van der Waals surface area contributed by atoms with Crippen molar-refractivity contribution < 1.29 is 4.79 Å². The number of piperidine rings is 1. The average Bonchev–Trinajstić information content (AvgIpc) is 3.06. The van der Waals surface area contributed by atoms with Crippen molar-refractivity contribution in [3.05, 3.63) is 65.4 Å². The molecule has 26 heavy (non-hydrogen) atoms. The van der Waals surface area contributed by atoms with E-state index in [0.717, 1.165) is 29.9 Å². The van der Waals surface area contributed by atoms with Crippen LogP contribution in [0.4, 0.5) is 5.69 Å². The lowest BCUT2D eigenvalue weighted by atomic mass is 9.89. The Hall–Kier alpha value is -2.59. The summed E-state index contributed by atoms with van der Waals surface area (Å²) in [7, 11) is 2.18. The molecule has 4 rings (SSSR count). The predicted molar refractivity (Wildman–Crippen MR) is 107 cm³/mol. The van der Waals surface area contributed by atoms with Gasteiger partial charge in [0.1, 0.15) is 0 Å². The van der Waals surface area contributed by atoms with Gasteiger partial charge < -0.3 is 15.2 Å². The van der Waals surface area contributed by atoms with Gasteiger partial charge in [-0.15, -0.1) is 0 Å². The summed E-state index contributed by atoms with van der Waals surface area (Å²) in [6.45, 7) is 4.30. The fraction of sp³-hybridized carbons (Fsp3) is 0.318. The molecule has 2 aromatic carbocycles. The van der Waals surface area contributed by atoms with Gasteiger partial charge in [0.2, 0.25) is 0 Å². The van der Waals surface area contributed by atoms with Gasteiger partial charge in [0.05, 0.1) is 0 Å². The molecule has 0 saturated carbocycles. The minimum Gasteiger partial charge on any atom is -0.361 e. The van der Waals surface area contributed by atoms with Crippen LogP contribution >= 0.6 is 0 Å². The number of amides is 1. The van der Waals surface area contributed by atoms with Crippen LogP contribution in [0, 0.1) is 6.92 Å². The van der Waals surface area contributed by atoms with Crippen LogP contribution in [-0.2, 0) is 0 Å². The van der Waals surface area contributed by atoms with Crippen molar-refractivity contribution in [2.75, 3.05) is 25.5 Å². The number of likely N-dealkylation sites (tertiary alicyclic amines) is 1. The Bertz CT molecular complexity index is 918. The number of aryl methyl sites for hydroxylation is 1. The second-order valence-corrected chi connectivity index (χ2v) is 7.40. The van der Waals surface area contributed by atoms with E-state index in [2.05, 4.69) is 40.6 Å². The number of carbonyl (C=O) groups excluding carboxylic acids is 1. The van der Waals surface area contributed by atoms with Crippen LogP contribution in [0.1, 0.15) is 40.2 Å². The summed E-state index contributed by atoms with van der Waals surface area (Å²) in [5.41, 5.74) is 5.18. The molecule has 2 heterocycles. The maximum absolute atomic E-state index is 12.5. The van der Waals surface area contributed by atoms with E-state index in [4.69, 9.17) is 0 Å². The molecule has 1 saturated heterocycles. The first kappa shape index (κ1) is 16.9. The van der Waals surface area contributed by atoms with Crippen LogP contribution in [-0.4, -0.2) is 35.9 Å². The number of carbonyl (C=O) groups is 1. The van der Waals surface area contributed by atoms with Crippen molar-refractivity contribution in [1.82, 2.24) is 9.88 Å². The zero-order valence-corrected chi connectivity index (χ0v) is 15.4. The van der Waals surface area contributed by atoms with Crippen LogP contribution in [0.15, 0.2) is 48.7 Å². The summed E-state index contributed by atoms with van der Waals surface area (Å²) in [5, 5.41) is 4.26. The van der Waals surface area contributed by atoms with Crippen molar-refractivity contribution in [3.63, 3.8) is 0 Å². The Labute approximate surface area is 154 Å². The molecule has 0 aliphatic carbocycles. The Balaban J connectivity index is 1.57. The average molecular weight is 347 g/mol. The molecule has 2 N–H and O–H groups in total. The second kappa shape index (κ2) is 6.96. The van der Waals surface area contributed by atoms with Gasteiger partial charge in [-0.25, -0.2) is 0 Å². The van der Waals surface area contributed by atoms with Crippen LogP contribution in [0.25, 0.3) is 10.9 Å². The number of rotatable bonds is 3. The summed E-state index contributed by atoms with van der Waals surface area (Å²) in [4.78, 5) is 18.3. The van der Waals surface area contributed by atoms with E-state index in [-0.39, 0.29) is 5.91 Å². The molecule has 1 aliphatic heterocycles. The van der Waals surface area contributed by atoms with Gasteiger partial charge in [-0.2, -0.15) is 0 Å². The van der Waals surface area contributed by atoms with E-state index in [1.807, 2.05) is 37.3 Å². The first-order valence-corrected chi connectivity index (χ1v) is 9.28. The van der Waals surface area contributed by atoms with Gasteiger partial charge in [-0.05, 0) is 81.7 Å². The number of hydrogen-bond donors (Lipinski definition) is 2. The number of benzene rings is 2. The molecule has 3 aromatic rings. The predicted octanol–water partition coefficient (Wildman–Crippen LogP) is 4.54. The zero-order chi connectivity index (χ0) is 18.1. The summed E-state index contributed by atoms with van der Waals surface area (Å²) in [5.74, 6) is 0.517. The van der Waals surface area contributed by atoms with Crippen LogP contribution in [0.3, 0.4) is 0 Å². The molecule has 0 spiro atoms. The Kier molecular flexibility index (Phi) is 4.51. The quantitative estimate of drug-likeness (QED) is 0.731. The lowest BCUT2D eigenvalue weighted by Crippen LogP contribution is -2.29. The first-order valence-electron chi connectivity index (χ1n) is 9.28. The maximum Gasteiger partial charge on any atom is 0.255 e. The monoisotopic (exact) mass is 347 g/mol. The molecule has 0 radical (unpaired) electrons. The van der Waals surface area contributed by atoms with Gasteiger partial charge >= 0.3 is 0 Å². The third-order valence-electron chi connectivity index (χ3n) is 5.44. The van der Waals surface area contributed by atoms with Crippen LogP contribution in [0.2, 0.25) is 0 Å². The van der Waals surface area contributed by atoms with E-state index in [1.54, 1.807) is 0 Å². The van der Waals surface area contributed by atoms with E-state index >= 15 is 0 Å². The number of anilines is 1. The molecular weight excluding hydrogens is 322 g/mol. The van der Waals surface area contributed by atoms with Crippen molar-refractivity contribution >= 4 is 22.5 Å². The van der Waals surface area contributed by atoms with Crippen molar-refractivity contribution in [2.45, 2.75) is 25.7 Å². The van der Waals surface area contributed by atoms with E-state index in [9.17, 15) is 4.79 Å². The number of H-pyrrole nitrogens is 1. The van der Waals surface area contributed by atoms with Gasteiger partial charge in [-0.1, -0.05) is 17.7 Å². The number of nitrogens with zero attached hydrogens (tertiary/aromatic N) is 1. The fourth-order valence-electron chi connectivity index (χ4n) is 3.79. The fourth-order valence-corrected chi connectivity index (χ4v) is 3.79. The van der Waals surface area contributed by atoms with E-state index in [0.29, 0.717) is 11.5 Å². The van der Waals surface area contributed by atoms with Gasteiger partial charge in [0.25, 0.3) is 5.91 Å². The summed E-state index contributed by atoms with van der Waals surface area (Å²) < 4.78 is 0. The minimum absolute atomic E-state index is 0.0688. The van der Waals surface area contributed by atoms with Crippen LogP contribution < -0.4 is 5.32 Å². The van der Waals surface area contributed by atoms with E-state index < -0.39 is 0 Å². The number of aromatic amines is 1. The molecule has 0 atom stereocenters. The molecular formula is C22H25N3O. The second-order valence-electron chi connectivity index (χ2n) is 7.40. The molecule has 134 valence electrons. The zero-order valence-electron chi connectivity index (χ0n) is 15.4. The first-order chi connectivity index (χ1) is 12.6. The molecule has 1 fully saturated rings. The lowest BCUT2D eigenvalue weighted by molar-refractivity contribution is 0.102. The maximum atomic E-state index is 12.5. The number of aromatic nitrogens is 1. The lowest BCUT2D eigenvalue weighted by Gasteiger charge is -2.28. The summed E-state index contributed by atoms with van der Waals surface area (Å²) in [6.07, 6.45) is 4.51. The third-order valence-corrected chi connectivity index (χ3v) is 5.44. The third kappa shape index (κ3) is 3.37. The molecule has 4 nitrogen and oxygen atoms in total. The minimum atomic E-state index is -0.0688. The SMILES string of the molecule is Cc1ccc(C(=O)Nc2ccc3[nH]cc(C4CCN(C)CC4)c3c2)cc1. The molecule has 4 heteroatoms. The topological polar surface area (TPSA) is 48.1 Å². The summed E-state index contributed by atoms with van der Waals surface area (Å²) >= 11 is 0. The highest BCUT2D eigenvalue weighted by molar-refractivity contribution is 6.05. The molecule has 1 amide bonds. The normalized spacial score (nSPS) is 16.1. The standard InChI is InChI=1S/C22H25N3O/c1-15-3-5-17(6-4-15)22(26)24-18-7-8-21-19(13-18)20(14-23-21)16-9-11-25(2)12-10-16/h3-8,13-14,16,23H,9-12H2,1-2H3,(H,24,26). The molecule has 0 unspecified atom stereocenters. The van der Waals surface area contributed by atoms with Crippen molar-refractivity contribution in [1.29, 1.82) is 0 Å². The number of nitrogens with one attached hydrogen (secondary N) is 2. The highest BCUT2D eigenvalue weighted by Gasteiger charge is 2.21. The van der Waals surface area contributed by atoms with Crippen molar-refractivity contribution in [3.8, 4) is 0 Å². The van der Waals surface area contributed by atoms with Crippen LogP contribution in [0.5, 0.6) is 0 Å². The summed E-state index contributed by atoms with van der Waals surface area (Å²) in [6, 6.07) is 13.8. The highest BCUT2D eigenvalue weighted by Crippen LogP contribution is 2.34. The smallest absolute Gasteiger partial charge is 0.255 e. The number of fused-ring (bicyclic) bond motifs is 1. The Morgan fingerprint density at radius 2 is 1.85 bits per heavy atom. The van der Waals surface area contributed by atoms with E-state index in [1.165, 1.54) is 23.8 Å². The van der Waals surface area contributed by atoms with Gasteiger partial charge in [0, 0.05) is 28.4 Å². The largest absolute Gasteiger partial charge is 0.361 e. The van der Waals surface area contributed by atoms with Gasteiger partial charge in [-0.3, -0.25) is 4.79 Å². The highest BCUT2D eigenvalue weighted by atomic mass is 16.1. The molecule has 0 bridgehead atoms. The molecule has 1 aliphatic rings. The Morgan fingerprint density at radius 1 is 1.12 bits per heavy atom. The molecule has 1 aromatic heterocycles. The van der Waals surface area contributed by atoms with Gasteiger partial charge in [0.15, 0.2) is 0 Å². The number of hydrogen-bond acceptors (Lipinski definition) is 2. The Morgan fingerprint density at radius 3 is 2.58 bits per heavy atom.